The normalized spacial score (nSPS) is 12.8. The van der Waals surface area contributed by atoms with Gasteiger partial charge in [-0.15, -0.1) is 5.10 Å². The summed E-state index contributed by atoms with van der Waals surface area (Å²) >= 11 is 1.51. The van der Waals surface area contributed by atoms with Crippen molar-refractivity contribution in [3.8, 4) is 0 Å². The van der Waals surface area contributed by atoms with Crippen molar-refractivity contribution >= 4 is 11.5 Å². The van der Waals surface area contributed by atoms with Crippen LogP contribution in [0.15, 0.2) is 24.3 Å². The molecule has 0 radical (unpaired) electrons. The Labute approximate surface area is 132 Å². The second-order valence-corrected chi connectivity index (χ2v) is 6.62. The van der Waals surface area contributed by atoms with Crippen LogP contribution in [0.25, 0.3) is 0 Å². The molecular weight excluding hydrogens is 278 g/mol. The van der Waals surface area contributed by atoms with Gasteiger partial charge in [0.05, 0.1) is 10.6 Å². The van der Waals surface area contributed by atoms with Gasteiger partial charge >= 0.3 is 0 Å². The lowest BCUT2D eigenvalue weighted by molar-refractivity contribution is 0.533. The topological polar surface area (TPSA) is 37.8 Å². The number of benzene rings is 1. The molecule has 1 N–H and O–H groups in total. The molecule has 4 heteroatoms. The van der Waals surface area contributed by atoms with Crippen LogP contribution in [-0.4, -0.2) is 16.1 Å². The molecule has 3 nitrogen and oxygen atoms in total. The summed E-state index contributed by atoms with van der Waals surface area (Å²) in [4.78, 5) is 1.26. The fourth-order valence-corrected chi connectivity index (χ4v) is 3.13. The minimum atomic E-state index is 0.315. The Kier molecular flexibility index (Phi) is 5.88. The molecule has 1 aromatic carbocycles. The smallest absolute Gasteiger partial charge is 0.0772 e. The van der Waals surface area contributed by atoms with Gasteiger partial charge in [-0.05, 0) is 54.9 Å². The molecule has 0 bridgehead atoms. The number of nitrogens with zero attached hydrogens (tertiary/aromatic N) is 2. The van der Waals surface area contributed by atoms with Gasteiger partial charge in [0.1, 0.15) is 0 Å². The first kappa shape index (κ1) is 16.1. The molecule has 0 amide bonds. The monoisotopic (exact) mass is 303 g/mol. The average molecular weight is 303 g/mol. The molecule has 21 heavy (non-hydrogen) atoms. The third-order valence-electron chi connectivity index (χ3n) is 3.73. The fourth-order valence-electron chi connectivity index (χ4n) is 2.41. The predicted octanol–water partition coefficient (Wildman–Crippen LogP) is 4.25. The molecule has 1 unspecified atom stereocenters. The second kappa shape index (κ2) is 7.66. The van der Waals surface area contributed by atoms with Crippen molar-refractivity contribution in [3.63, 3.8) is 0 Å². The summed E-state index contributed by atoms with van der Waals surface area (Å²) in [6.07, 6.45) is 2.12. The summed E-state index contributed by atoms with van der Waals surface area (Å²) < 4.78 is 4.08. The minimum Gasteiger partial charge on any atom is -0.309 e. The van der Waals surface area contributed by atoms with E-state index in [-0.39, 0.29) is 0 Å². The molecule has 0 aliphatic heterocycles. The van der Waals surface area contributed by atoms with E-state index in [0.717, 1.165) is 25.1 Å². The van der Waals surface area contributed by atoms with Gasteiger partial charge in [0.25, 0.3) is 0 Å². The summed E-state index contributed by atoms with van der Waals surface area (Å²) in [6.45, 7) is 9.71. The molecule has 0 aliphatic rings. The maximum atomic E-state index is 4.15. The van der Waals surface area contributed by atoms with E-state index < -0.39 is 0 Å². The van der Waals surface area contributed by atoms with Crippen LogP contribution in [0.3, 0.4) is 0 Å². The quantitative estimate of drug-likeness (QED) is 0.831. The molecule has 2 rings (SSSR count). The van der Waals surface area contributed by atoms with E-state index in [9.17, 15) is 0 Å². The number of hydrogen-bond donors (Lipinski definition) is 1. The van der Waals surface area contributed by atoms with Crippen LogP contribution in [0.1, 0.15) is 60.8 Å². The van der Waals surface area contributed by atoms with E-state index in [0.29, 0.717) is 12.0 Å². The third kappa shape index (κ3) is 4.35. The van der Waals surface area contributed by atoms with Crippen LogP contribution in [0.2, 0.25) is 0 Å². The van der Waals surface area contributed by atoms with Gasteiger partial charge in [-0.3, -0.25) is 0 Å². The summed E-state index contributed by atoms with van der Waals surface area (Å²) in [5.74, 6) is 0.584. The lowest BCUT2D eigenvalue weighted by Gasteiger charge is -2.18. The summed E-state index contributed by atoms with van der Waals surface area (Å²) in [5.41, 5.74) is 3.81. The van der Waals surface area contributed by atoms with Gasteiger partial charge in [-0.2, -0.15) is 0 Å². The van der Waals surface area contributed by atoms with E-state index in [2.05, 4.69) is 59.9 Å². The molecule has 0 aliphatic carbocycles. The zero-order chi connectivity index (χ0) is 15.2. The van der Waals surface area contributed by atoms with Crippen molar-refractivity contribution in [2.75, 3.05) is 6.54 Å². The van der Waals surface area contributed by atoms with E-state index in [4.69, 9.17) is 0 Å². The van der Waals surface area contributed by atoms with Gasteiger partial charge in [-0.25, -0.2) is 0 Å². The maximum absolute atomic E-state index is 4.15. The fraction of sp³-hybridized carbons (Fsp3) is 0.529. The molecule has 114 valence electrons. The first-order valence-electron chi connectivity index (χ1n) is 7.72. The summed E-state index contributed by atoms with van der Waals surface area (Å²) in [6, 6.07) is 9.30. The van der Waals surface area contributed by atoms with Crippen LogP contribution in [0, 0.1) is 6.92 Å². The molecule has 0 saturated heterocycles. The van der Waals surface area contributed by atoms with Crippen molar-refractivity contribution in [1.82, 2.24) is 14.9 Å². The Bertz CT molecular complexity index is 545. The highest BCUT2D eigenvalue weighted by Crippen LogP contribution is 2.24. The molecule has 1 aromatic heterocycles. The number of hydrogen-bond acceptors (Lipinski definition) is 4. The van der Waals surface area contributed by atoms with Crippen molar-refractivity contribution in [3.05, 3.63) is 46.0 Å². The first-order valence-corrected chi connectivity index (χ1v) is 8.50. The molecule has 0 fully saturated rings. The van der Waals surface area contributed by atoms with E-state index >= 15 is 0 Å². The largest absolute Gasteiger partial charge is 0.309 e. The van der Waals surface area contributed by atoms with Crippen LogP contribution >= 0.6 is 11.5 Å². The highest BCUT2D eigenvalue weighted by Gasteiger charge is 2.17. The Morgan fingerprint density at radius 2 is 1.90 bits per heavy atom. The first-order chi connectivity index (χ1) is 10.1. The van der Waals surface area contributed by atoms with Crippen molar-refractivity contribution < 1.29 is 0 Å². The highest BCUT2D eigenvalue weighted by atomic mass is 32.1. The van der Waals surface area contributed by atoms with Gasteiger partial charge in [-0.1, -0.05) is 49.5 Å². The van der Waals surface area contributed by atoms with Gasteiger partial charge < -0.3 is 5.32 Å². The van der Waals surface area contributed by atoms with Crippen LogP contribution in [0.4, 0.5) is 0 Å². The Morgan fingerprint density at radius 3 is 2.43 bits per heavy atom. The molecule has 2 aromatic rings. The molecule has 1 atom stereocenters. The highest BCUT2D eigenvalue weighted by molar-refractivity contribution is 7.05. The van der Waals surface area contributed by atoms with Crippen molar-refractivity contribution in [2.24, 2.45) is 0 Å². The Morgan fingerprint density at radius 1 is 1.19 bits per heavy atom. The summed E-state index contributed by atoms with van der Waals surface area (Å²) in [7, 11) is 0. The number of rotatable bonds is 7. The van der Waals surface area contributed by atoms with Crippen molar-refractivity contribution in [2.45, 2.75) is 52.5 Å². The standard InChI is InChI=1S/C17H25N3S/c1-5-10-18-16(17-13(4)19-20-21-17)11-14-6-8-15(9-7-14)12(2)3/h6-9,12,16,18H,5,10-11H2,1-4H3. The Hall–Kier alpha value is -1.26. The SMILES string of the molecule is CCCNC(Cc1ccc(C(C)C)cc1)c1snnc1C. The van der Waals surface area contributed by atoms with E-state index in [1.54, 1.807) is 0 Å². The van der Waals surface area contributed by atoms with E-state index in [1.165, 1.54) is 27.5 Å². The second-order valence-electron chi connectivity index (χ2n) is 5.83. The van der Waals surface area contributed by atoms with Gasteiger partial charge in [0.2, 0.25) is 0 Å². The van der Waals surface area contributed by atoms with Gasteiger partial charge in [0, 0.05) is 6.04 Å². The summed E-state index contributed by atoms with van der Waals surface area (Å²) in [5, 5.41) is 7.78. The van der Waals surface area contributed by atoms with Gasteiger partial charge in [0.15, 0.2) is 0 Å². The zero-order valence-corrected chi connectivity index (χ0v) is 14.2. The lowest BCUT2D eigenvalue weighted by atomic mass is 9.98. The van der Waals surface area contributed by atoms with Crippen LogP contribution in [0.5, 0.6) is 0 Å². The van der Waals surface area contributed by atoms with E-state index in [1.807, 2.05) is 6.92 Å². The lowest BCUT2D eigenvalue weighted by Crippen LogP contribution is -2.24. The third-order valence-corrected chi connectivity index (χ3v) is 4.67. The number of aryl methyl sites for hydroxylation is 1. The zero-order valence-electron chi connectivity index (χ0n) is 13.4. The number of nitrogens with one attached hydrogen (secondary N) is 1. The molecular formula is C17H25N3S. The van der Waals surface area contributed by atoms with Crippen LogP contribution in [-0.2, 0) is 6.42 Å². The van der Waals surface area contributed by atoms with Crippen molar-refractivity contribution in [1.29, 1.82) is 0 Å². The predicted molar refractivity (Wildman–Crippen MR) is 89.9 cm³/mol. The molecule has 0 spiro atoms. The van der Waals surface area contributed by atoms with Crippen LogP contribution < -0.4 is 5.32 Å². The number of aromatic nitrogens is 2. The maximum Gasteiger partial charge on any atom is 0.0772 e. The molecule has 0 saturated carbocycles. The minimum absolute atomic E-state index is 0.315. The Balaban J connectivity index is 2.13. The molecule has 1 heterocycles. The average Bonchev–Trinajstić information content (AvgIpc) is 2.90.